The van der Waals surface area contributed by atoms with Crippen molar-refractivity contribution in [2.45, 2.75) is 55.8 Å². The Hall–Kier alpha value is -1.59. The van der Waals surface area contributed by atoms with Crippen molar-refractivity contribution in [3.63, 3.8) is 0 Å². The molecule has 0 radical (unpaired) electrons. The van der Waals surface area contributed by atoms with Gasteiger partial charge in [0, 0.05) is 29.5 Å². The molecule has 2 saturated carbocycles. The summed E-state index contributed by atoms with van der Waals surface area (Å²) in [5.74, 6) is 1.88. The van der Waals surface area contributed by atoms with Gasteiger partial charge >= 0.3 is 0 Å². The number of hydrogen-bond donors (Lipinski definition) is 0. The van der Waals surface area contributed by atoms with Crippen molar-refractivity contribution in [3.05, 3.63) is 23.3 Å². The summed E-state index contributed by atoms with van der Waals surface area (Å²) in [6.45, 7) is 2.79. The minimum atomic E-state index is -0.527. The van der Waals surface area contributed by atoms with E-state index in [0.29, 0.717) is 6.04 Å². The Morgan fingerprint density at radius 3 is 2.85 bits per heavy atom. The number of methoxy groups -OCH3 is 2. The fourth-order valence-electron chi connectivity index (χ4n) is 8.11. The van der Waals surface area contributed by atoms with E-state index in [4.69, 9.17) is 14.2 Å². The van der Waals surface area contributed by atoms with Gasteiger partial charge in [-0.1, -0.05) is 6.07 Å². The SMILES string of the molecule is COc1ccc2c3c1O[C@@H]1C34CCN(C)C(C2)[C@@]42C[C@H](C(C)=O)[C@]1(OC)C2. The molecule has 5 aliphatic rings. The van der Waals surface area contributed by atoms with Gasteiger partial charge in [-0.2, -0.15) is 0 Å². The third-order valence-electron chi connectivity index (χ3n) is 8.95. The minimum Gasteiger partial charge on any atom is -0.493 e. The average molecular weight is 369 g/mol. The quantitative estimate of drug-likeness (QED) is 0.819. The first-order valence-electron chi connectivity index (χ1n) is 10.1. The molecule has 4 bridgehead atoms. The molecular weight excluding hydrogens is 342 g/mol. The Balaban J connectivity index is 1.69. The third kappa shape index (κ3) is 1.44. The number of hydrogen-bond acceptors (Lipinski definition) is 5. The van der Waals surface area contributed by atoms with E-state index in [1.807, 2.05) is 6.07 Å². The molecule has 3 fully saturated rings. The molecule has 2 unspecified atom stereocenters. The highest BCUT2D eigenvalue weighted by Gasteiger charge is 2.85. The maximum atomic E-state index is 12.7. The molecule has 0 amide bonds. The number of likely N-dealkylation sites (N-methyl/N-ethyl adjacent to an activating group) is 1. The van der Waals surface area contributed by atoms with E-state index in [1.54, 1.807) is 21.1 Å². The number of likely N-dealkylation sites (tertiary alicyclic amines) is 1. The zero-order chi connectivity index (χ0) is 18.8. The van der Waals surface area contributed by atoms with Crippen molar-refractivity contribution < 1.29 is 19.0 Å². The molecular formula is C22H27NO4. The maximum Gasteiger partial charge on any atom is 0.165 e. The van der Waals surface area contributed by atoms with Crippen LogP contribution in [0.2, 0.25) is 0 Å². The largest absolute Gasteiger partial charge is 0.493 e. The number of Topliss-reactive ketones (excluding diaryl/α,β-unsaturated/α-hetero) is 1. The summed E-state index contributed by atoms with van der Waals surface area (Å²) >= 11 is 0. The summed E-state index contributed by atoms with van der Waals surface area (Å²) in [5, 5.41) is 0. The van der Waals surface area contributed by atoms with Crippen LogP contribution >= 0.6 is 0 Å². The lowest BCUT2D eigenvalue weighted by molar-refractivity contribution is -0.157. The predicted molar refractivity (Wildman–Crippen MR) is 99.4 cm³/mol. The maximum absolute atomic E-state index is 12.7. The number of rotatable bonds is 3. The van der Waals surface area contributed by atoms with Crippen molar-refractivity contribution in [1.82, 2.24) is 4.90 Å². The van der Waals surface area contributed by atoms with Crippen molar-refractivity contribution in [2.24, 2.45) is 11.3 Å². The van der Waals surface area contributed by atoms with Gasteiger partial charge in [-0.25, -0.2) is 0 Å². The fraction of sp³-hybridized carbons (Fsp3) is 0.682. The number of nitrogens with zero attached hydrogens (tertiary/aromatic N) is 1. The fourth-order valence-corrected chi connectivity index (χ4v) is 8.11. The molecule has 2 aliphatic heterocycles. The molecule has 144 valence electrons. The van der Waals surface area contributed by atoms with Crippen molar-refractivity contribution in [1.29, 1.82) is 0 Å². The number of carbonyl (C=O) groups excluding carboxylic acids is 1. The minimum absolute atomic E-state index is 0.0433. The van der Waals surface area contributed by atoms with Crippen molar-refractivity contribution in [3.8, 4) is 11.5 Å². The van der Waals surface area contributed by atoms with Crippen molar-refractivity contribution >= 4 is 5.78 Å². The van der Waals surface area contributed by atoms with Crippen LogP contribution in [0.1, 0.15) is 37.3 Å². The van der Waals surface area contributed by atoms with Crippen LogP contribution in [0.15, 0.2) is 12.1 Å². The molecule has 0 aromatic heterocycles. The number of benzene rings is 1. The molecule has 2 heterocycles. The first kappa shape index (κ1) is 16.4. The van der Waals surface area contributed by atoms with Gasteiger partial charge in [-0.05, 0) is 57.8 Å². The molecule has 1 aromatic carbocycles. The lowest BCUT2D eigenvalue weighted by Gasteiger charge is -2.61. The van der Waals surface area contributed by atoms with Crippen LogP contribution in [-0.4, -0.2) is 56.2 Å². The lowest BCUT2D eigenvalue weighted by atomic mass is 9.47. The van der Waals surface area contributed by atoms with Gasteiger partial charge in [0.15, 0.2) is 11.5 Å². The van der Waals surface area contributed by atoms with Gasteiger partial charge in [-0.15, -0.1) is 0 Å². The van der Waals surface area contributed by atoms with Gasteiger partial charge in [-0.3, -0.25) is 4.79 Å². The number of carbonyl (C=O) groups is 1. The number of ketones is 1. The molecule has 2 spiro atoms. The van der Waals surface area contributed by atoms with E-state index in [1.165, 1.54) is 11.1 Å². The van der Waals surface area contributed by atoms with E-state index < -0.39 is 5.60 Å². The van der Waals surface area contributed by atoms with E-state index in [-0.39, 0.29) is 28.6 Å². The first-order chi connectivity index (χ1) is 12.9. The standard InChI is InChI=1S/C22H27NO4/c1-12(24)14-10-20-11-22(14,26-4)19-21(20)7-8-23(2)16(20)9-13-5-6-15(25-3)18(27-19)17(13)21/h5-6,14,16,19H,7-11H2,1-4H3/t14-,16?,19-,20+,21?,22-/m1/s1. The van der Waals surface area contributed by atoms with Crippen LogP contribution in [0.4, 0.5) is 0 Å². The van der Waals surface area contributed by atoms with E-state index in [2.05, 4.69) is 18.0 Å². The van der Waals surface area contributed by atoms with Crippen LogP contribution in [0.5, 0.6) is 11.5 Å². The van der Waals surface area contributed by atoms with Gasteiger partial charge in [0.2, 0.25) is 0 Å². The second-order valence-corrected chi connectivity index (χ2v) is 9.41. The second kappa shape index (κ2) is 4.69. The second-order valence-electron chi connectivity index (χ2n) is 9.41. The third-order valence-corrected chi connectivity index (χ3v) is 8.95. The van der Waals surface area contributed by atoms with Crippen LogP contribution in [0.3, 0.4) is 0 Å². The molecule has 6 rings (SSSR count). The Morgan fingerprint density at radius 1 is 1.33 bits per heavy atom. The van der Waals surface area contributed by atoms with Crippen LogP contribution in [0.25, 0.3) is 0 Å². The molecule has 5 heteroatoms. The van der Waals surface area contributed by atoms with E-state index >= 15 is 0 Å². The topological polar surface area (TPSA) is 48.0 Å². The van der Waals surface area contributed by atoms with Gasteiger partial charge in [0.25, 0.3) is 0 Å². The summed E-state index contributed by atoms with van der Waals surface area (Å²) in [6, 6.07) is 4.71. The average Bonchev–Trinajstić information content (AvgIpc) is 3.26. The highest BCUT2D eigenvalue weighted by molar-refractivity contribution is 5.82. The molecule has 1 saturated heterocycles. The van der Waals surface area contributed by atoms with Gasteiger partial charge < -0.3 is 19.1 Å². The predicted octanol–water partition coefficient (Wildman–Crippen LogP) is 2.34. The normalized spacial score (nSPS) is 45.6. The Morgan fingerprint density at radius 2 is 2.15 bits per heavy atom. The number of fused-ring (bicyclic) bond motifs is 2. The summed E-state index contributed by atoms with van der Waals surface area (Å²) < 4.78 is 18.7. The number of piperidine rings is 1. The zero-order valence-electron chi connectivity index (χ0n) is 16.5. The monoisotopic (exact) mass is 369 g/mol. The van der Waals surface area contributed by atoms with Crippen LogP contribution in [0, 0.1) is 11.3 Å². The van der Waals surface area contributed by atoms with E-state index in [9.17, 15) is 4.79 Å². The summed E-state index contributed by atoms with van der Waals surface area (Å²) in [5.41, 5.74) is 2.23. The highest BCUT2D eigenvalue weighted by Crippen LogP contribution is 2.79. The van der Waals surface area contributed by atoms with Crippen molar-refractivity contribution in [2.75, 3.05) is 27.8 Å². The highest BCUT2D eigenvalue weighted by atomic mass is 16.6. The lowest BCUT2D eigenvalue weighted by Crippen LogP contribution is -2.69. The Kier molecular flexibility index (Phi) is 2.84. The molecule has 5 nitrogen and oxygen atoms in total. The molecule has 6 atom stereocenters. The molecule has 3 aliphatic carbocycles. The summed E-state index contributed by atoms with van der Waals surface area (Å²) in [4.78, 5) is 15.2. The zero-order valence-corrected chi connectivity index (χ0v) is 16.5. The molecule has 27 heavy (non-hydrogen) atoms. The van der Waals surface area contributed by atoms with Gasteiger partial charge in [0.1, 0.15) is 17.5 Å². The Labute approximate surface area is 160 Å². The van der Waals surface area contributed by atoms with E-state index in [0.717, 1.165) is 43.7 Å². The van der Waals surface area contributed by atoms with Gasteiger partial charge in [0.05, 0.1) is 13.0 Å². The first-order valence-corrected chi connectivity index (χ1v) is 10.1. The summed E-state index contributed by atoms with van der Waals surface area (Å²) in [7, 11) is 5.74. The Bertz CT molecular complexity index is 883. The van der Waals surface area contributed by atoms with Crippen LogP contribution in [-0.2, 0) is 21.4 Å². The summed E-state index contributed by atoms with van der Waals surface area (Å²) in [6.07, 6.45) is 3.83. The molecule has 1 aromatic rings. The number of ether oxygens (including phenoxy) is 3. The van der Waals surface area contributed by atoms with Crippen LogP contribution < -0.4 is 9.47 Å². The smallest absolute Gasteiger partial charge is 0.165 e. The molecule has 0 N–H and O–H groups in total.